The van der Waals surface area contributed by atoms with Crippen molar-refractivity contribution in [3.8, 4) is 0 Å². The number of likely N-dealkylation sites (N-methyl/N-ethyl adjacent to an activating group) is 1. The van der Waals surface area contributed by atoms with Crippen LogP contribution in [0, 0.1) is 5.82 Å². The van der Waals surface area contributed by atoms with Crippen LogP contribution in [-0.2, 0) is 4.74 Å². The van der Waals surface area contributed by atoms with Gasteiger partial charge in [0.1, 0.15) is 0 Å². The zero-order chi connectivity index (χ0) is 23.2. The quantitative estimate of drug-likeness (QED) is 0.448. The Morgan fingerprint density at radius 3 is 2.62 bits per heavy atom. The van der Waals surface area contributed by atoms with Crippen LogP contribution in [0.5, 0.6) is 0 Å². The van der Waals surface area contributed by atoms with E-state index in [4.69, 9.17) is 4.74 Å². The number of halogens is 1. The van der Waals surface area contributed by atoms with Gasteiger partial charge in [0.2, 0.25) is 5.95 Å². The van der Waals surface area contributed by atoms with Crippen molar-refractivity contribution in [3.63, 3.8) is 0 Å². The van der Waals surface area contributed by atoms with E-state index in [1.54, 1.807) is 19.5 Å². The summed E-state index contributed by atoms with van der Waals surface area (Å²) < 4.78 is 17.6. The monoisotopic (exact) mass is 441 g/mol. The number of methoxy groups -OCH3 is 1. The minimum Gasteiger partial charge on any atom is -0.383 e. The van der Waals surface area contributed by atoms with Gasteiger partial charge in [-0.15, -0.1) is 0 Å². The second kappa shape index (κ2) is 14.0. The third-order valence-corrected chi connectivity index (χ3v) is 4.57. The van der Waals surface area contributed by atoms with E-state index >= 15 is 0 Å². The van der Waals surface area contributed by atoms with E-state index in [2.05, 4.69) is 68.7 Å². The van der Waals surface area contributed by atoms with Crippen LogP contribution in [0.3, 0.4) is 0 Å². The maximum Gasteiger partial charge on any atom is 0.243 e. The number of pyridine rings is 1. The minimum absolute atomic E-state index is 0.221. The van der Waals surface area contributed by atoms with Gasteiger partial charge >= 0.3 is 0 Å². The summed E-state index contributed by atoms with van der Waals surface area (Å²) in [5.41, 5.74) is 6.69. The van der Waals surface area contributed by atoms with Crippen LogP contribution < -0.4 is 10.7 Å². The number of hydrazone groups is 1. The number of aromatic nitrogens is 3. The molecule has 0 amide bonds. The number of rotatable bonds is 9. The minimum atomic E-state index is -0.493. The lowest BCUT2D eigenvalue weighted by atomic mass is 10.1. The fourth-order valence-corrected chi connectivity index (χ4v) is 2.63. The molecule has 32 heavy (non-hydrogen) atoms. The van der Waals surface area contributed by atoms with Crippen molar-refractivity contribution in [1.82, 2.24) is 19.9 Å². The fourth-order valence-electron chi connectivity index (χ4n) is 2.63. The number of hydrogen-bond donors (Lipinski definition) is 2. The summed E-state index contributed by atoms with van der Waals surface area (Å²) >= 11 is 0. The Morgan fingerprint density at radius 2 is 2.00 bits per heavy atom. The smallest absolute Gasteiger partial charge is 0.243 e. The molecule has 0 aromatic carbocycles. The van der Waals surface area contributed by atoms with Crippen LogP contribution in [-0.4, -0.2) is 59.9 Å². The zero-order valence-corrected chi connectivity index (χ0v) is 19.2. The molecule has 0 bridgehead atoms. The van der Waals surface area contributed by atoms with Gasteiger partial charge in [0.25, 0.3) is 0 Å². The van der Waals surface area contributed by atoms with Crippen LogP contribution in [0.25, 0.3) is 0 Å². The highest BCUT2D eigenvalue weighted by atomic mass is 19.1. The molecule has 0 fully saturated rings. The molecule has 2 aromatic rings. The summed E-state index contributed by atoms with van der Waals surface area (Å²) in [5, 5.41) is 7.34. The molecule has 9 heteroatoms. The Bertz CT molecular complexity index is 896. The molecule has 0 aliphatic heterocycles. The topological polar surface area (TPSA) is 87.6 Å². The van der Waals surface area contributed by atoms with E-state index < -0.39 is 5.82 Å². The number of nitrogens with one attached hydrogen (secondary N) is 2. The first-order valence-electron chi connectivity index (χ1n) is 10.5. The standard InChI is InChI=1S/C17H17FN6.C6H15NO/c1-12-3-2-4-14(7-12)23-16-6-5-15(19-10-16)11-22-24-17-20-8-13(18)9-21-17;1-4-7(2)5-6-8-3/h3,5-11,23H,2,4H2,1H3,(H,20,21,24);4-6H2,1-3H3/b22-11+;. The predicted octanol–water partition coefficient (Wildman–Crippen LogP) is 4.08. The first kappa shape index (κ1) is 25.1. The van der Waals surface area contributed by atoms with E-state index in [0.29, 0.717) is 5.69 Å². The second-order valence-corrected chi connectivity index (χ2v) is 7.24. The van der Waals surface area contributed by atoms with Gasteiger partial charge in [0, 0.05) is 19.4 Å². The Morgan fingerprint density at radius 1 is 1.22 bits per heavy atom. The molecular formula is C23H32FN7O. The molecule has 0 atom stereocenters. The molecule has 1 aliphatic rings. The molecule has 0 unspecified atom stereocenters. The summed E-state index contributed by atoms with van der Waals surface area (Å²) in [6.07, 6.45) is 11.9. The van der Waals surface area contributed by atoms with E-state index in [0.717, 1.165) is 50.6 Å². The molecule has 2 heterocycles. The van der Waals surface area contributed by atoms with E-state index in [1.807, 2.05) is 12.1 Å². The summed E-state index contributed by atoms with van der Waals surface area (Å²) in [7, 11) is 3.81. The first-order valence-corrected chi connectivity index (χ1v) is 10.5. The molecule has 0 saturated heterocycles. The molecule has 1 aliphatic carbocycles. The van der Waals surface area contributed by atoms with Crippen molar-refractivity contribution in [2.45, 2.75) is 26.7 Å². The van der Waals surface area contributed by atoms with Crippen molar-refractivity contribution < 1.29 is 9.13 Å². The molecule has 2 aromatic heterocycles. The lowest BCUT2D eigenvalue weighted by Gasteiger charge is -2.14. The average Bonchev–Trinajstić information content (AvgIpc) is 2.80. The second-order valence-electron chi connectivity index (χ2n) is 7.24. The molecule has 8 nitrogen and oxygen atoms in total. The zero-order valence-electron chi connectivity index (χ0n) is 19.2. The molecule has 0 spiro atoms. The molecule has 2 N–H and O–H groups in total. The van der Waals surface area contributed by atoms with Crippen molar-refractivity contribution in [2.75, 3.05) is 44.6 Å². The van der Waals surface area contributed by atoms with E-state index in [1.165, 1.54) is 11.3 Å². The van der Waals surface area contributed by atoms with Crippen molar-refractivity contribution in [2.24, 2.45) is 5.10 Å². The molecule has 0 radical (unpaired) electrons. The summed E-state index contributed by atoms with van der Waals surface area (Å²) in [6.45, 7) is 7.20. The van der Waals surface area contributed by atoms with Gasteiger partial charge in [-0.3, -0.25) is 4.98 Å². The number of ether oxygens (including phenoxy) is 1. The Labute approximate surface area is 189 Å². The van der Waals surface area contributed by atoms with Gasteiger partial charge in [0.15, 0.2) is 5.82 Å². The van der Waals surface area contributed by atoms with Gasteiger partial charge in [0.05, 0.1) is 42.8 Å². The van der Waals surface area contributed by atoms with Gasteiger partial charge in [-0.1, -0.05) is 18.6 Å². The van der Waals surface area contributed by atoms with Gasteiger partial charge in [-0.05, 0) is 51.6 Å². The van der Waals surface area contributed by atoms with Crippen molar-refractivity contribution in [1.29, 1.82) is 0 Å². The fraction of sp³-hybridized carbons (Fsp3) is 0.391. The number of nitrogens with zero attached hydrogens (tertiary/aromatic N) is 5. The highest BCUT2D eigenvalue weighted by Crippen LogP contribution is 2.19. The van der Waals surface area contributed by atoms with Crippen LogP contribution >= 0.6 is 0 Å². The van der Waals surface area contributed by atoms with Gasteiger partial charge in [-0.2, -0.15) is 5.10 Å². The largest absolute Gasteiger partial charge is 0.383 e. The number of allylic oxidation sites excluding steroid dienone is 4. The average molecular weight is 442 g/mol. The van der Waals surface area contributed by atoms with E-state index in [-0.39, 0.29) is 5.95 Å². The lowest BCUT2D eigenvalue weighted by Crippen LogP contribution is -2.21. The third-order valence-electron chi connectivity index (χ3n) is 4.57. The molecule has 0 saturated carbocycles. The SMILES string of the molecule is CC1=CCCC(Nc2ccc(/C=N/Nc3ncc(F)cn3)nc2)=C1.CCN(C)CCOC. The van der Waals surface area contributed by atoms with Crippen molar-refractivity contribution >= 4 is 17.9 Å². The van der Waals surface area contributed by atoms with Crippen LogP contribution in [0.1, 0.15) is 32.4 Å². The number of anilines is 2. The van der Waals surface area contributed by atoms with Crippen LogP contribution in [0.4, 0.5) is 16.0 Å². The Balaban J connectivity index is 0.000000390. The van der Waals surface area contributed by atoms with Crippen molar-refractivity contribution in [3.05, 3.63) is 65.7 Å². The summed E-state index contributed by atoms with van der Waals surface area (Å²) in [4.78, 5) is 14.0. The first-order chi connectivity index (χ1) is 15.5. The summed E-state index contributed by atoms with van der Waals surface area (Å²) in [6, 6.07) is 3.79. The molecular weight excluding hydrogens is 409 g/mol. The normalized spacial score (nSPS) is 13.3. The lowest BCUT2D eigenvalue weighted by molar-refractivity contribution is 0.164. The Kier molecular flexibility index (Phi) is 11.0. The predicted molar refractivity (Wildman–Crippen MR) is 127 cm³/mol. The maximum atomic E-state index is 12.7. The maximum absolute atomic E-state index is 12.7. The highest BCUT2D eigenvalue weighted by Gasteiger charge is 2.03. The summed E-state index contributed by atoms with van der Waals surface area (Å²) in [5.74, 6) is -0.272. The van der Waals surface area contributed by atoms with Crippen LogP contribution in [0.2, 0.25) is 0 Å². The van der Waals surface area contributed by atoms with Crippen LogP contribution in [0.15, 0.2) is 59.2 Å². The van der Waals surface area contributed by atoms with Gasteiger partial charge < -0.3 is 15.0 Å². The van der Waals surface area contributed by atoms with Gasteiger partial charge in [-0.25, -0.2) is 19.8 Å². The molecule has 3 rings (SSSR count). The Hall–Kier alpha value is -3.17. The molecule has 172 valence electrons. The third kappa shape index (κ3) is 9.76. The highest BCUT2D eigenvalue weighted by molar-refractivity contribution is 5.77. The number of hydrogen-bond acceptors (Lipinski definition) is 8. The van der Waals surface area contributed by atoms with E-state index in [9.17, 15) is 4.39 Å².